The highest BCUT2D eigenvalue weighted by Crippen LogP contribution is 2.07. The van der Waals surface area contributed by atoms with Gasteiger partial charge < -0.3 is 15.8 Å². The molecule has 104 valence electrons. The van der Waals surface area contributed by atoms with Crippen LogP contribution in [0.3, 0.4) is 0 Å². The van der Waals surface area contributed by atoms with Crippen molar-refractivity contribution >= 4 is 11.7 Å². The number of aromatic nitrogens is 1. The molecule has 1 amide bonds. The number of carbonyl (C=O) groups excluding carboxylic acids is 2. The van der Waals surface area contributed by atoms with Gasteiger partial charge in [-0.2, -0.15) is 0 Å². The quantitative estimate of drug-likeness (QED) is 0.716. The molecule has 1 rings (SSSR count). The van der Waals surface area contributed by atoms with Gasteiger partial charge in [0.25, 0.3) is 0 Å². The number of ketones is 1. The first-order valence-electron chi connectivity index (χ1n) is 5.95. The number of nitrogens with two attached hydrogens (primary N) is 1. The summed E-state index contributed by atoms with van der Waals surface area (Å²) in [6.45, 7) is 3.70. The zero-order valence-corrected chi connectivity index (χ0v) is 11.4. The molecule has 0 spiro atoms. The maximum atomic E-state index is 11.6. The Kier molecular flexibility index (Phi) is 5.59. The third-order valence-electron chi connectivity index (χ3n) is 2.65. The molecule has 1 atom stereocenters. The zero-order valence-electron chi connectivity index (χ0n) is 11.4. The van der Waals surface area contributed by atoms with E-state index < -0.39 is 6.04 Å². The van der Waals surface area contributed by atoms with Crippen molar-refractivity contribution in [1.82, 2.24) is 10.3 Å². The lowest BCUT2D eigenvalue weighted by Gasteiger charge is -2.11. The van der Waals surface area contributed by atoms with Gasteiger partial charge in [-0.1, -0.05) is 0 Å². The number of pyridine rings is 1. The van der Waals surface area contributed by atoms with E-state index in [0.29, 0.717) is 17.0 Å². The molecule has 1 aromatic rings. The van der Waals surface area contributed by atoms with E-state index >= 15 is 0 Å². The fourth-order valence-electron chi connectivity index (χ4n) is 1.65. The maximum Gasteiger partial charge on any atom is 0.239 e. The Balaban J connectivity index is 2.61. The average Bonchev–Trinajstić information content (AvgIpc) is 2.35. The van der Waals surface area contributed by atoms with Crippen molar-refractivity contribution in [2.45, 2.75) is 26.4 Å². The minimum atomic E-state index is -0.692. The highest BCUT2D eigenvalue weighted by atomic mass is 16.5. The van der Waals surface area contributed by atoms with Crippen LogP contribution in [0.25, 0.3) is 0 Å². The number of hydrogen-bond acceptors (Lipinski definition) is 5. The average molecular weight is 265 g/mol. The van der Waals surface area contributed by atoms with Gasteiger partial charge in [0.15, 0.2) is 5.78 Å². The van der Waals surface area contributed by atoms with Crippen LogP contribution in [0.2, 0.25) is 0 Å². The maximum absolute atomic E-state index is 11.6. The number of nitrogens with zero attached hydrogens (tertiary/aromatic N) is 1. The molecule has 0 bridgehead atoms. The summed E-state index contributed by atoms with van der Waals surface area (Å²) in [6, 6.07) is 2.73. The fourth-order valence-corrected chi connectivity index (χ4v) is 1.65. The molecule has 0 fully saturated rings. The molecule has 0 aliphatic heterocycles. The van der Waals surface area contributed by atoms with E-state index in [4.69, 9.17) is 10.5 Å². The molecule has 1 unspecified atom stereocenters. The first-order chi connectivity index (χ1) is 8.95. The number of nitrogens with one attached hydrogen (secondary N) is 1. The third kappa shape index (κ3) is 4.42. The van der Waals surface area contributed by atoms with E-state index in [2.05, 4.69) is 10.3 Å². The Labute approximate surface area is 112 Å². The van der Waals surface area contributed by atoms with Crippen LogP contribution in [0.5, 0.6) is 0 Å². The summed E-state index contributed by atoms with van der Waals surface area (Å²) in [4.78, 5) is 27.1. The topological polar surface area (TPSA) is 94.3 Å². The van der Waals surface area contributed by atoms with Crippen LogP contribution in [0.1, 0.15) is 28.7 Å². The Morgan fingerprint density at radius 3 is 2.68 bits per heavy atom. The molecule has 3 N–H and O–H groups in total. The summed E-state index contributed by atoms with van der Waals surface area (Å²) in [5.41, 5.74) is 7.51. The molecule has 0 aliphatic carbocycles. The zero-order chi connectivity index (χ0) is 14.4. The van der Waals surface area contributed by atoms with Gasteiger partial charge in [0, 0.05) is 18.4 Å². The van der Waals surface area contributed by atoms with Crippen molar-refractivity contribution in [1.29, 1.82) is 0 Å². The molecule has 0 aliphatic rings. The molecule has 1 heterocycles. The Hall–Kier alpha value is -1.79. The molecule has 6 nitrogen and oxygen atoms in total. The van der Waals surface area contributed by atoms with Gasteiger partial charge in [-0.25, -0.2) is 0 Å². The lowest BCUT2D eigenvalue weighted by Crippen LogP contribution is -2.43. The molecule has 0 saturated carbocycles. The first kappa shape index (κ1) is 15.3. The van der Waals surface area contributed by atoms with Gasteiger partial charge >= 0.3 is 0 Å². The first-order valence-corrected chi connectivity index (χ1v) is 5.95. The number of aryl methyl sites for hydroxylation is 1. The van der Waals surface area contributed by atoms with Crippen molar-refractivity contribution < 1.29 is 14.3 Å². The lowest BCUT2D eigenvalue weighted by molar-refractivity contribution is -0.123. The van der Waals surface area contributed by atoms with Crippen molar-refractivity contribution in [3.8, 4) is 0 Å². The molecular weight excluding hydrogens is 246 g/mol. The van der Waals surface area contributed by atoms with E-state index in [1.807, 2.05) is 0 Å². The summed E-state index contributed by atoms with van der Waals surface area (Å²) >= 11 is 0. The van der Waals surface area contributed by atoms with Gasteiger partial charge in [0.05, 0.1) is 18.8 Å². The second-order valence-corrected chi connectivity index (χ2v) is 4.27. The van der Waals surface area contributed by atoms with E-state index in [1.54, 1.807) is 19.1 Å². The molecule has 0 radical (unpaired) electrons. The largest absolute Gasteiger partial charge is 0.383 e. The highest BCUT2D eigenvalue weighted by Gasteiger charge is 2.13. The number of ether oxygens (including phenoxy) is 1. The third-order valence-corrected chi connectivity index (χ3v) is 2.65. The number of amides is 1. The van der Waals surface area contributed by atoms with Crippen LogP contribution >= 0.6 is 0 Å². The molecular formula is C13H19N3O3. The second-order valence-electron chi connectivity index (χ2n) is 4.27. The Bertz CT molecular complexity index is 474. The predicted molar refractivity (Wildman–Crippen MR) is 70.7 cm³/mol. The van der Waals surface area contributed by atoms with Crippen LogP contribution in [-0.2, 0) is 16.1 Å². The SMILES string of the molecule is COCC(N)C(=O)NCc1ccc(C(C)=O)c(C)n1. The van der Waals surface area contributed by atoms with Crippen LogP contribution in [0.15, 0.2) is 12.1 Å². The van der Waals surface area contributed by atoms with Gasteiger partial charge in [0.1, 0.15) is 6.04 Å². The summed E-state index contributed by atoms with van der Waals surface area (Å²) in [7, 11) is 1.48. The van der Waals surface area contributed by atoms with E-state index in [1.165, 1.54) is 14.0 Å². The Morgan fingerprint density at radius 1 is 1.47 bits per heavy atom. The molecule has 19 heavy (non-hydrogen) atoms. The van der Waals surface area contributed by atoms with E-state index in [9.17, 15) is 9.59 Å². The van der Waals surface area contributed by atoms with Crippen LogP contribution in [0.4, 0.5) is 0 Å². The fraction of sp³-hybridized carbons (Fsp3) is 0.462. The standard InChI is InChI=1S/C13H19N3O3/c1-8-11(9(2)17)5-4-10(16-8)6-15-13(18)12(14)7-19-3/h4-5,12H,6-7,14H2,1-3H3,(H,15,18). The van der Waals surface area contributed by atoms with Crippen LogP contribution < -0.4 is 11.1 Å². The predicted octanol–water partition coefficient (Wildman–Crippen LogP) is 0.183. The summed E-state index contributed by atoms with van der Waals surface area (Å²) in [6.07, 6.45) is 0. The molecule has 0 saturated heterocycles. The van der Waals surface area contributed by atoms with Crippen molar-refractivity contribution in [3.63, 3.8) is 0 Å². The van der Waals surface area contributed by atoms with Crippen molar-refractivity contribution in [2.24, 2.45) is 5.73 Å². The Morgan fingerprint density at radius 2 is 2.16 bits per heavy atom. The molecule has 6 heteroatoms. The minimum Gasteiger partial charge on any atom is -0.383 e. The van der Waals surface area contributed by atoms with Gasteiger partial charge in [0.2, 0.25) is 5.91 Å². The van der Waals surface area contributed by atoms with E-state index in [0.717, 1.165) is 0 Å². The smallest absolute Gasteiger partial charge is 0.239 e. The number of Topliss-reactive ketones (excluding diaryl/α,β-unsaturated/α-hetero) is 1. The normalized spacial score (nSPS) is 12.0. The minimum absolute atomic E-state index is 0.0253. The summed E-state index contributed by atoms with van der Waals surface area (Å²) < 4.78 is 4.80. The highest BCUT2D eigenvalue weighted by molar-refractivity contribution is 5.95. The number of methoxy groups -OCH3 is 1. The van der Waals surface area contributed by atoms with Crippen LogP contribution in [0, 0.1) is 6.92 Å². The number of rotatable bonds is 6. The number of carbonyl (C=O) groups is 2. The summed E-state index contributed by atoms with van der Waals surface area (Å²) in [5.74, 6) is -0.320. The number of hydrogen-bond donors (Lipinski definition) is 2. The lowest BCUT2D eigenvalue weighted by atomic mass is 10.1. The van der Waals surface area contributed by atoms with Gasteiger partial charge in [-0.05, 0) is 26.0 Å². The summed E-state index contributed by atoms with van der Waals surface area (Å²) in [5, 5.41) is 2.67. The molecule has 0 aromatic carbocycles. The van der Waals surface area contributed by atoms with Gasteiger partial charge in [-0.15, -0.1) is 0 Å². The van der Waals surface area contributed by atoms with Crippen molar-refractivity contribution in [3.05, 3.63) is 29.1 Å². The molecule has 1 aromatic heterocycles. The van der Waals surface area contributed by atoms with Gasteiger partial charge in [-0.3, -0.25) is 14.6 Å². The van der Waals surface area contributed by atoms with E-state index in [-0.39, 0.29) is 24.8 Å². The monoisotopic (exact) mass is 265 g/mol. The second kappa shape index (κ2) is 6.96. The van der Waals surface area contributed by atoms with Crippen LogP contribution in [-0.4, -0.2) is 36.4 Å². The van der Waals surface area contributed by atoms with Crippen molar-refractivity contribution in [2.75, 3.05) is 13.7 Å².